The van der Waals surface area contributed by atoms with E-state index in [1.807, 2.05) is 20.8 Å². The maximum Gasteiger partial charge on any atom is 0.326 e. The van der Waals surface area contributed by atoms with Gasteiger partial charge in [-0.1, -0.05) is 20.8 Å². The Hall–Kier alpha value is -1.79. The second kappa shape index (κ2) is 6.07. The Morgan fingerprint density at radius 2 is 1.71 bits per heavy atom. The molecule has 0 fully saturated rings. The molecule has 0 aromatic rings. The van der Waals surface area contributed by atoms with Crippen LogP contribution in [0.5, 0.6) is 0 Å². The molecular weight excluding hydrogens is 228 g/mol. The number of urea groups is 1. The van der Waals surface area contributed by atoms with Crippen molar-refractivity contribution in [3.63, 3.8) is 0 Å². The van der Waals surface area contributed by atoms with Gasteiger partial charge in [-0.2, -0.15) is 0 Å². The molecule has 98 valence electrons. The number of carbonyl (C=O) groups is 3. The van der Waals surface area contributed by atoms with E-state index in [-0.39, 0.29) is 5.41 Å². The summed E-state index contributed by atoms with van der Waals surface area (Å²) in [4.78, 5) is 32.4. The highest BCUT2D eigenvalue weighted by atomic mass is 16.4. The van der Waals surface area contributed by atoms with Gasteiger partial charge in [0.05, 0.1) is 6.42 Å². The van der Waals surface area contributed by atoms with Crippen molar-refractivity contribution < 1.29 is 24.6 Å². The first kappa shape index (κ1) is 15.2. The molecule has 0 aliphatic heterocycles. The minimum Gasteiger partial charge on any atom is -0.481 e. The number of nitrogens with one attached hydrogen (secondary N) is 2. The van der Waals surface area contributed by atoms with Gasteiger partial charge in [0.2, 0.25) is 0 Å². The number of hydrogen-bond donors (Lipinski definition) is 4. The standard InChI is InChI=1S/C10H18N2O5/c1-10(2,3)5-11-9(17)12-6(8(15)16)4-7(13)14/h6H,4-5H2,1-3H3,(H,13,14)(H,15,16)(H2,11,12,17)/t6-/m1/s1. The Bertz CT molecular complexity index is 308. The zero-order chi connectivity index (χ0) is 13.6. The Balaban J connectivity index is 4.22. The lowest BCUT2D eigenvalue weighted by Gasteiger charge is -2.20. The van der Waals surface area contributed by atoms with Crippen LogP contribution < -0.4 is 10.6 Å². The fraction of sp³-hybridized carbons (Fsp3) is 0.700. The average molecular weight is 246 g/mol. The van der Waals surface area contributed by atoms with Crippen molar-refractivity contribution in [1.82, 2.24) is 10.6 Å². The number of carboxylic acid groups (broad SMARTS) is 2. The van der Waals surface area contributed by atoms with E-state index in [0.29, 0.717) is 6.54 Å². The summed E-state index contributed by atoms with van der Waals surface area (Å²) in [6.07, 6.45) is -0.654. The van der Waals surface area contributed by atoms with Gasteiger partial charge in [-0.25, -0.2) is 9.59 Å². The number of hydrogen-bond acceptors (Lipinski definition) is 3. The summed E-state index contributed by atoms with van der Waals surface area (Å²) >= 11 is 0. The summed E-state index contributed by atoms with van der Waals surface area (Å²) in [6.45, 7) is 6.07. The van der Waals surface area contributed by atoms with Gasteiger partial charge in [-0.15, -0.1) is 0 Å². The molecule has 4 N–H and O–H groups in total. The number of amides is 2. The number of aliphatic carboxylic acids is 2. The van der Waals surface area contributed by atoms with Crippen LogP contribution >= 0.6 is 0 Å². The molecule has 0 unspecified atom stereocenters. The summed E-state index contributed by atoms with van der Waals surface area (Å²) in [5.41, 5.74) is -0.136. The van der Waals surface area contributed by atoms with Gasteiger partial charge in [-0.05, 0) is 5.41 Å². The molecule has 0 aliphatic rings. The van der Waals surface area contributed by atoms with Crippen LogP contribution in [0.1, 0.15) is 27.2 Å². The summed E-state index contributed by atoms with van der Waals surface area (Å²) in [6, 6.07) is -2.11. The van der Waals surface area contributed by atoms with Crippen molar-refractivity contribution in [3.8, 4) is 0 Å². The van der Waals surface area contributed by atoms with Gasteiger partial charge in [0, 0.05) is 6.54 Å². The molecule has 0 heterocycles. The molecule has 7 nitrogen and oxygen atoms in total. The zero-order valence-corrected chi connectivity index (χ0v) is 10.1. The molecule has 0 saturated heterocycles. The highest BCUT2D eigenvalue weighted by Gasteiger charge is 2.23. The molecule has 0 aromatic carbocycles. The summed E-state index contributed by atoms with van der Waals surface area (Å²) in [5, 5.41) is 21.7. The number of rotatable bonds is 5. The smallest absolute Gasteiger partial charge is 0.326 e. The van der Waals surface area contributed by atoms with Crippen molar-refractivity contribution in [2.24, 2.45) is 5.41 Å². The second-order valence-corrected chi connectivity index (χ2v) is 4.88. The van der Waals surface area contributed by atoms with E-state index >= 15 is 0 Å². The molecule has 7 heteroatoms. The predicted molar refractivity (Wildman–Crippen MR) is 59.7 cm³/mol. The molecule has 2 amide bonds. The van der Waals surface area contributed by atoms with E-state index in [4.69, 9.17) is 10.2 Å². The maximum atomic E-state index is 11.3. The van der Waals surface area contributed by atoms with Crippen LogP contribution in [0.3, 0.4) is 0 Å². The van der Waals surface area contributed by atoms with E-state index in [1.54, 1.807) is 0 Å². The Labute approximate surface area is 99.2 Å². The van der Waals surface area contributed by atoms with Crippen LogP contribution in [0, 0.1) is 5.41 Å². The minimum absolute atomic E-state index is 0.136. The topological polar surface area (TPSA) is 116 Å². The van der Waals surface area contributed by atoms with Crippen molar-refractivity contribution in [3.05, 3.63) is 0 Å². The first-order valence-corrected chi connectivity index (χ1v) is 5.11. The van der Waals surface area contributed by atoms with Gasteiger partial charge in [0.15, 0.2) is 0 Å². The lowest BCUT2D eigenvalue weighted by atomic mass is 9.97. The fourth-order valence-corrected chi connectivity index (χ4v) is 0.929. The van der Waals surface area contributed by atoms with Crippen LogP contribution in [0.4, 0.5) is 4.79 Å². The highest BCUT2D eigenvalue weighted by Crippen LogP contribution is 2.09. The Morgan fingerprint density at radius 1 is 1.18 bits per heavy atom. The fourth-order valence-electron chi connectivity index (χ4n) is 0.929. The molecule has 0 aliphatic carbocycles. The zero-order valence-electron chi connectivity index (χ0n) is 10.1. The molecule has 0 spiro atoms. The predicted octanol–water partition coefficient (Wildman–Crippen LogP) is 0.260. The van der Waals surface area contributed by atoms with Gasteiger partial charge in [-0.3, -0.25) is 4.79 Å². The van der Waals surface area contributed by atoms with Gasteiger partial charge >= 0.3 is 18.0 Å². The first-order chi connectivity index (χ1) is 7.61. The maximum absolute atomic E-state index is 11.3. The third kappa shape index (κ3) is 8.06. The van der Waals surface area contributed by atoms with Crippen molar-refractivity contribution in [1.29, 1.82) is 0 Å². The highest BCUT2D eigenvalue weighted by molar-refractivity contribution is 5.86. The third-order valence-corrected chi connectivity index (χ3v) is 1.76. The van der Waals surface area contributed by atoms with Gasteiger partial charge in [0.1, 0.15) is 6.04 Å². The molecule has 0 radical (unpaired) electrons. The lowest BCUT2D eigenvalue weighted by Crippen LogP contribution is -2.48. The van der Waals surface area contributed by atoms with Crippen LogP contribution in [-0.2, 0) is 9.59 Å². The normalized spacial score (nSPS) is 12.6. The Morgan fingerprint density at radius 3 is 2.06 bits per heavy atom. The second-order valence-electron chi connectivity index (χ2n) is 4.88. The van der Waals surface area contributed by atoms with E-state index in [9.17, 15) is 14.4 Å². The molecular formula is C10H18N2O5. The first-order valence-electron chi connectivity index (χ1n) is 5.11. The lowest BCUT2D eigenvalue weighted by molar-refractivity contribution is -0.145. The molecule has 0 aromatic heterocycles. The number of carbonyl (C=O) groups excluding carboxylic acids is 1. The molecule has 0 bridgehead atoms. The van der Waals surface area contributed by atoms with E-state index in [2.05, 4.69) is 10.6 Å². The van der Waals surface area contributed by atoms with Gasteiger partial charge < -0.3 is 20.8 Å². The third-order valence-electron chi connectivity index (χ3n) is 1.76. The monoisotopic (exact) mass is 246 g/mol. The van der Waals surface area contributed by atoms with E-state index < -0.39 is 30.4 Å². The minimum atomic E-state index is -1.42. The summed E-state index contributed by atoms with van der Waals surface area (Å²) in [7, 11) is 0. The largest absolute Gasteiger partial charge is 0.481 e. The number of carboxylic acids is 2. The van der Waals surface area contributed by atoms with Crippen molar-refractivity contribution in [2.45, 2.75) is 33.2 Å². The van der Waals surface area contributed by atoms with Crippen LogP contribution in [0.25, 0.3) is 0 Å². The average Bonchev–Trinajstić information content (AvgIpc) is 2.11. The van der Waals surface area contributed by atoms with Crippen molar-refractivity contribution >= 4 is 18.0 Å². The van der Waals surface area contributed by atoms with Crippen LogP contribution in [0.2, 0.25) is 0 Å². The van der Waals surface area contributed by atoms with E-state index in [1.165, 1.54) is 0 Å². The molecule has 17 heavy (non-hydrogen) atoms. The molecule has 0 saturated carbocycles. The Kier molecular flexibility index (Phi) is 5.43. The summed E-state index contributed by atoms with van der Waals surface area (Å²) in [5.74, 6) is -2.66. The van der Waals surface area contributed by atoms with E-state index in [0.717, 1.165) is 0 Å². The quantitative estimate of drug-likeness (QED) is 0.555. The van der Waals surface area contributed by atoms with Crippen molar-refractivity contribution in [2.75, 3.05) is 6.54 Å². The molecule has 0 rings (SSSR count). The SMILES string of the molecule is CC(C)(C)CNC(=O)N[C@H](CC(=O)O)C(=O)O. The van der Waals surface area contributed by atoms with Crippen LogP contribution in [-0.4, -0.2) is 40.8 Å². The van der Waals surface area contributed by atoms with Gasteiger partial charge in [0.25, 0.3) is 0 Å². The summed E-state index contributed by atoms with van der Waals surface area (Å²) < 4.78 is 0. The molecule has 1 atom stereocenters. The van der Waals surface area contributed by atoms with Crippen LogP contribution in [0.15, 0.2) is 0 Å².